The minimum atomic E-state index is -0.618. The average molecular weight is 301 g/mol. The molecule has 0 heterocycles. The van der Waals surface area contributed by atoms with E-state index in [1.807, 2.05) is 24.3 Å². The number of methoxy groups -OCH3 is 2. The Morgan fingerprint density at radius 1 is 1.05 bits per heavy atom. The first kappa shape index (κ1) is 16.3. The van der Waals surface area contributed by atoms with E-state index in [2.05, 4.69) is 24.4 Å². The summed E-state index contributed by atoms with van der Waals surface area (Å²) in [5.74, 6) is 1.35. The third-order valence-electron chi connectivity index (χ3n) is 3.67. The minimum absolute atomic E-state index is 0.463. The summed E-state index contributed by atoms with van der Waals surface area (Å²) < 4.78 is 10.5. The lowest BCUT2D eigenvalue weighted by molar-refractivity contribution is 0.173. The number of aryl methyl sites for hydroxylation is 1. The van der Waals surface area contributed by atoms with Crippen LogP contribution in [0.4, 0.5) is 0 Å². The highest BCUT2D eigenvalue weighted by atomic mass is 16.5. The molecule has 0 amide bonds. The molecule has 0 spiro atoms. The second-order valence-corrected chi connectivity index (χ2v) is 5.22. The molecule has 118 valence electrons. The lowest BCUT2D eigenvalue weighted by atomic mass is 10.1. The van der Waals surface area contributed by atoms with Crippen molar-refractivity contribution < 1.29 is 14.6 Å². The Morgan fingerprint density at radius 2 is 1.68 bits per heavy atom. The number of hydrogen-bond acceptors (Lipinski definition) is 4. The van der Waals surface area contributed by atoms with E-state index in [9.17, 15) is 5.11 Å². The summed E-state index contributed by atoms with van der Waals surface area (Å²) in [5.41, 5.74) is 3.25. The molecule has 2 rings (SSSR count). The molecular formula is C18H23NO3. The number of rotatable bonds is 7. The van der Waals surface area contributed by atoms with Crippen LogP contribution in [0.5, 0.6) is 11.5 Å². The van der Waals surface area contributed by atoms with Crippen molar-refractivity contribution in [1.29, 1.82) is 0 Å². The maximum atomic E-state index is 10.3. The third kappa shape index (κ3) is 4.23. The standard InChI is InChI=1S/C18H23NO3/c1-13-6-4-5-7-14(13)11-19-12-18(20)15-8-16(21-2)10-17(9-15)22-3/h4-10,18-20H,11-12H2,1-3H3. The average Bonchev–Trinajstić information content (AvgIpc) is 2.55. The largest absolute Gasteiger partial charge is 0.497 e. The normalized spacial score (nSPS) is 12.0. The van der Waals surface area contributed by atoms with Gasteiger partial charge < -0.3 is 19.9 Å². The van der Waals surface area contributed by atoms with Crippen molar-refractivity contribution >= 4 is 0 Å². The summed E-state index contributed by atoms with van der Waals surface area (Å²) in [4.78, 5) is 0. The Bertz CT molecular complexity index is 591. The van der Waals surface area contributed by atoms with Crippen LogP contribution in [0, 0.1) is 6.92 Å². The molecule has 0 radical (unpaired) electrons. The SMILES string of the molecule is COc1cc(OC)cc(C(O)CNCc2ccccc2C)c1. The molecule has 0 saturated heterocycles. The van der Waals surface area contributed by atoms with E-state index in [0.717, 1.165) is 12.1 Å². The first-order chi connectivity index (χ1) is 10.6. The van der Waals surface area contributed by atoms with Gasteiger partial charge in [0, 0.05) is 19.2 Å². The van der Waals surface area contributed by atoms with Crippen LogP contribution in [0.15, 0.2) is 42.5 Å². The lowest BCUT2D eigenvalue weighted by Gasteiger charge is -2.15. The highest BCUT2D eigenvalue weighted by Gasteiger charge is 2.11. The van der Waals surface area contributed by atoms with Gasteiger partial charge >= 0.3 is 0 Å². The van der Waals surface area contributed by atoms with Gasteiger partial charge in [-0.15, -0.1) is 0 Å². The fraction of sp³-hybridized carbons (Fsp3) is 0.333. The molecule has 0 aliphatic rings. The van der Waals surface area contributed by atoms with Gasteiger partial charge in [-0.2, -0.15) is 0 Å². The second-order valence-electron chi connectivity index (χ2n) is 5.22. The highest BCUT2D eigenvalue weighted by molar-refractivity contribution is 5.39. The lowest BCUT2D eigenvalue weighted by Crippen LogP contribution is -2.21. The zero-order valence-corrected chi connectivity index (χ0v) is 13.3. The van der Waals surface area contributed by atoms with E-state index in [0.29, 0.717) is 18.0 Å². The van der Waals surface area contributed by atoms with Gasteiger partial charge in [0.1, 0.15) is 11.5 Å². The monoisotopic (exact) mass is 301 g/mol. The Kier molecular flexibility index (Phi) is 5.81. The summed E-state index contributed by atoms with van der Waals surface area (Å²) in [6, 6.07) is 13.6. The fourth-order valence-electron chi connectivity index (χ4n) is 2.29. The summed E-state index contributed by atoms with van der Waals surface area (Å²) in [5, 5.41) is 13.6. The molecule has 22 heavy (non-hydrogen) atoms. The molecule has 1 unspecified atom stereocenters. The van der Waals surface area contributed by atoms with E-state index in [1.54, 1.807) is 20.3 Å². The van der Waals surface area contributed by atoms with Gasteiger partial charge in [0.25, 0.3) is 0 Å². The number of nitrogens with one attached hydrogen (secondary N) is 1. The number of benzene rings is 2. The first-order valence-corrected chi connectivity index (χ1v) is 7.30. The molecule has 1 atom stereocenters. The Morgan fingerprint density at radius 3 is 2.27 bits per heavy atom. The third-order valence-corrected chi connectivity index (χ3v) is 3.67. The Labute approximate surface area is 131 Å². The van der Waals surface area contributed by atoms with Crippen LogP contribution in [0.3, 0.4) is 0 Å². The Hall–Kier alpha value is -2.04. The van der Waals surface area contributed by atoms with E-state index in [1.165, 1.54) is 11.1 Å². The van der Waals surface area contributed by atoms with Crippen molar-refractivity contribution in [2.24, 2.45) is 0 Å². The van der Waals surface area contributed by atoms with Crippen LogP contribution < -0.4 is 14.8 Å². The topological polar surface area (TPSA) is 50.7 Å². The van der Waals surface area contributed by atoms with E-state index < -0.39 is 6.10 Å². The predicted octanol–water partition coefficient (Wildman–Crippen LogP) is 2.84. The van der Waals surface area contributed by atoms with E-state index >= 15 is 0 Å². The van der Waals surface area contributed by atoms with Crippen molar-refractivity contribution in [3.05, 3.63) is 59.2 Å². The fourth-order valence-corrected chi connectivity index (χ4v) is 2.29. The van der Waals surface area contributed by atoms with Gasteiger partial charge in [0.2, 0.25) is 0 Å². The summed E-state index contributed by atoms with van der Waals surface area (Å²) >= 11 is 0. The van der Waals surface area contributed by atoms with Gasteiger partial charge in [-0.3, -0.25) is 0 Å². The van der Waals surface area contributed by atoms with Crippen LogP contribution in [0.25, 0.3) is 0 Å². The summed E-state index contributed by atoms with van der Waals surface area (Å²) in [7, 11) is 3.20. The molecule has 0 bridgehead atoms. The predicted molar refractivity (Wildman–Crippen MR) is 87.4 cm³/mol. The van der Waals surface area contributed by atoms with E-state index in [4.69, 9.17) is 9.47 Å². The molecule has 0 aliphatic carbocycles. The summed E-state index contributed by atoms with van der Waals surface area (Å²) in [6.45, 7) is 3.27. The van der Waals surface area contributed by atoms with Crippen molar-refractivity contribution in [2.45, 2.75) is 19.6 Å². The molecule has 0 aromatic heterocycles. The van der Waals surface area contributed by atoms with Gasteiger partial charge in [0.05, 0.1) is 20.3 Å². The van der Waals surface area contributed by atoms with Crippen LogP contribution in [0.2, 0.25) is 0 Å². The maximum Gasteiger partial charge on any atom is 0.122 e. The van der Waals surface area contributed by atoms with E-state index in [-0.39, 0.29) is 0 Å². The van der Waals surface area contributed by atoms with Crippen LogP contribution in [-0.2, 0) is 6.54 Å². The quantitative estimate of drug-likeness (QED) is 0.825. The number of aliphatic hydroxyl groups is 1. The number of hydrogen-bond donors (Lipinski definition) is 2. The molecule has 2 aromatic rings. The first-order valence-electron chi connectivity index (χ1n) is 7.30. The van der Waals surface area contributed by atoms with Crippen molar-refractivity contribution in [2.75, 3.05) is 20.8 Å². The minimum Gasteiger partial charge on any atom is -0.497 e. The molecule has 2 aromatic carbocycles. The molecule has 0 aliphatic heterocycles. The highest BCUT2D eigenvalue weighted by Crippen LogP contribution is 2.26. The smallest absolute Gasteiger partial charge is 0.122 e. The summed E-state index contributed by atoms with van der Waals surface area (Å²) in [6.07, 6.45) is -0.618. The van der Waals surface area contributed by atoms with Gasteiger partial charge in [-0.25, -0.2) is 0 Å². The Balaban J connectivity index is 1.97. The zero-order chi connectivity index (χ0) is 15.9. The molecule has 4 heteroatoms. The molecule has 2 N–H and O–H groups in total. The van der Waals surface area contributed by atoms with Crippen molar-refractivity contribution in [3.63, 3.8) is 0 Å². The number of ether oxygens (including phenoxy) is 2. The van der Waals surface area contributed by atoms with Crippen LogP contribution in [0.1, 0.15) is 22.8 Å². The molecule has 0 saturated carbocycles. The van der Waals surface area contributed by atoms with Crippen molar-refractivity contribution in [1.82, 2.24) is 5.32 Å². The number of aliphatic hydroxyl groups excluding tert-OH is 1. The maximum absolute atomic E-state index is 10.3. The van der Waals surface area contributed by atoms with Gasteiger partial charge in [-0.05, 0) is 35.7 Å². The second kappa shape index (κ2) is 7.82. The molecule has 0 fully saturated rings. The van der Waals surface area contributed by atoms with Crippen molar-refractivity contribution in [3.8, 4) is 11.5 Å². The van der Waals surface area contributed by atoms with Gasteiger partial charge in [0.15, 0.2) is 0 Å². The zero-order valence-electron chi connectivity index (χ0n) is 13.3. The molecule has 4 nitrogen and oxygen atoms in total. The van der Waals surface area contributed by atoms with Crippen LogP contribution >= 0.6 is 0 Å². The molecular weight excluding hydrogens is 278 g/mol. The van der Waals surface area contributed by atoms with Gasteiger partial charge in [-0.1, -0.05) is 24.3 Å². The van der Waals surface area contributed by atoms with Crippen LogP contribution in [-0.4, -0.2) is 25.9 Å².